The largest absolute Gasteiger partial charge is 0.378 e. The standard InChI is InChI=1S/C10H18O/c1-2-5-11-10-7-8-3-4-9(10)6-8/h8-10H,2-7H2,1H3. The van der Waals surface area contributed by atoms with Crippen LogP contribution < -0.4 is 0 Å². The van der Waals surface area contributed by atoms with E-state index in [1.54, 1.807) is 0 Å². The van der Waals surface area contributed by atoms with Crippen LogP contribution >= 0.6 is 0 Å². The van der Waals surface area contributed by atoms with Gasteiger partial charge in [-0.05, 0) is 43.9 Å². The van der Waals surface area contributed by atoms with Gasteiger partial charge >= 0.3 is 0 Å². The second-order valence-electron chi connectivity index (χ2n) is 4.08. The molecule has 2 aliphatic rings. The Bertz CT molecular complexity index is 133. The molecule has 0 radical (unpaired) electrons. The SMILES string of the molecule is CCCOC1CC2CCC1C2. The molecule has 0 aromatic carbocycles. The van der Waals surface area contributed by atoms with Crippen molar-refractivity contribution in [1.29, 1.82) is 0 Å². The third-order valence-electron chi connectivity index (χ3n) is 3.21. The molecule has 0 amide bonds. The molecule has 0 aromatic heterocycles. The molecule has 2 bridgehead atoms. The van der Waals surface area contributed by atoms with E-state index in [1.165, 1.54) is 32.1 Å². The van der Waals surface area contributed by atoms with Crippen LogP contribution in [0.5, 0.6) is 0 Å². The van der Waals surface area contributed by atoms with Crippen molar-refractivity contribution in [2.24, 2.45) is 11.8 Å². The highest BCUT2D eigenvalue weighted by atomic mass is 16.5. The zero-order valence-electron chi connectivity index (χ0n) is 7.38. The Kier molecular flexibility index (Phi) is 2.17. The maximum Gasteiger partial charge on any atom is 0.0606 e. The maximum atomic E-state index is 5.79. The second kappa shape index (κ2) is 3.14. The molecule has 2 aliphatic carbocycles. The molecular formula is C10H18O. The summed E-state index contributed by atoms with van der Waals surface area (Å²) in [6, 6.07) is 0. The van der Waals surface area contributed by atoms with Crippen LogP contribution in [0.15, 0.2) is 0 Å². The van der Waals surface area contributed by atoms with E-state index in [9.17, 15) is 0 Å². The normalized spacial score (nSPS) is 41.7. The van der Waals surface area contributed by atoms with Crippen molar-refractivity contribution in [1.82, 2.24) is 0 Å². The van der Waals surface area contributed by atoms with Gasteiger partial charge in [0, 0.05) is 6.61 Å². The van der Waals surface area contributed by atoms with Crippen molar-refractivity contribution >= 4 is 0 Å². The average molecular weight is 154 g/mol. The van der Waals surface area contributed by atoms with Gasteiger partial charge in [0.15, 0.2) is 0 Å². The van der Waals surface area contributed by atoms with Crippen molar-refractivity contribution in [3.05, 3.63) is 0 Å². The van der Waals surface area contributed by atoms with Crippen LogP contribution in [-0.2, 0) is 4.74 Å². The fraction of sp³-hybridized carbons (Fsp3) is 1.00. The molecule has 0 spiro atoms. The van der Waals surface area contributed by atoms with Crippen molar-refractivity contribution in [3.63, 3.8) is 0 Å². The van der Waals surface area contributed by atoms with Gasteiger partial charge in [0.1, 0.15) is 0 Å². The lowest BCUT2D eigenvalue weighted by atomic mass is 9.98. The fourth-order valence-electron chi connectivity index (χ4n) is 2.66. The van der Waals surface area contributed by atoms with Gasteiger partial charge in [-0.25, -0.2) is 0 Å². The van der Waals surface area contributed by atoms with Gasteiger partial charge in [0.25, 0.3) is 0 Å². The van der Waals surface area contributed by atoms with E-state index >= 15 is 0 Å². The summed E-state index contributed by atoms with van der Waals surface area (Å²) in [5.41, 5.74) is 0. The minimum Gasteiger partial charge on any atom is -0.378 e. The summed E-state index contributed by atoms with van der Waals surface area (Å²) >= 11 is 0. The van der Waals surface area contributed by atoms with E-state index in [0.717, 1.165) is 18.4 Å². The molecule has 2 rings (SSSR count). The molecule has 0 saturated heterocycles. The van der Waals surface area contributed by atoms with Crippen molar-refractivity contribution < 1.29 is 4.74 Å². The van der Waals surface area contributed by atoms with Crippen LogP contribution in [0.3, 0.4) is 0 Å². The minimum absolute atomic E-state index is 0.647. The molecular weight excluding hydrogens is 136 g/mol. The van der Waals surface area contributed by atoms with Crippen molar-refractivity contribution in [2.75, 3.05) is 6.61 Å². The van der Waals surface area contributed by atoms with Crippen LogP contribution in [-0.4, -0.2) is 12.7 Å². The van der Waals surface area contributed by atoms with Gasteiger partial charge in [-0.15, -0.1) is 0 Å². The zero-order chi connectivity index (χ0) is 7.68. The van der Waals surface area contributed by atoms with Crippen LogP contribution in [0.2, 0.25) is 0 Å². The third kappa shape index (κ3) is 1.44. The van der Waals surface area contributed by atoms with Gasteiger partial charge < -0.3 is 4.74 Å². The van der Waals surface area contributed by atoms with E-state index < -0.39 is 0 Å². The molecule has 1 heteroatoms. The number of ether oxygens (including phenoxy) is 1. The highest BCUT2D eigenvalue weighted by molar-refractivity contribution is 4.90. The maximum absolute atomic E-state index is 5.79. The zero-order valence-corrected chi connectivity index (χ0v) is 7.38. The molecule has 2 saturated carbocycles. The molecule has 11 heavy (non-hydrogen) atoms. The van der Waals surface area contributed by atoms with Crippen LogP contribution in [0.25, 0.3) is 0 Å². The Labute approximate surface area is 69.1 Å². The molecule has 3 atom stereocenters. The topological polar surface area (TPSA) is 9.23 Å². The molecule has 0 heterocycles. The predicted octanol–water partition coefficient (Wildman–Crippen LogP) is 2.60. The van der Waals surface area contributed by atoms with Gasteiger partial charge in [0.2, 0.25) is 0 Å². The lowest BCUT2D eigenvalue weighted by Gasteiger charge is -2.21. The molecule has 1 nitrogen and oxygen atoms in total. The molecule has 2 fully saturated rings. The van der Waals surface area contributed by atoms with Crippen LogP contribution in [0, 0.1) is 11.8 Å². The highest BCUT2D eigenvalue weighted by Gasteiger charge is 2.39. The Morgan fingerprint density at radius 3 is 2.73 bits per heavy atom. The predicted molar refractivity (Wildman–Crippen MR) is 45.5 cm³/mol. The highest BCUT2D eigenvalue weighted by Crippen LogP contribution is 2.45. The summed E-state index contributed by atoms with van der Waals surface area (Å²) < 4.78 is 5.79. The Balaban J connectivity index is 1.78. The molecule has 64 valence electrons. The Hall–Kier alpha value is -0.0400. The summed E-state index contributed by atoms with van der Waals surface area (Å²) in [4.78, 5) is 0. The Morgan fingerprint density at radius 1 is 1.27 bits per heavy atom. The molecule has 0 aromatic rings. The van der Waals surface area contributed by atoms with Gasteiger partial charge in [-0.1, -0.05) is 6.92 Å². The lowest BCUT2D eigenvalue weighted by molar-refractivity contribution is 0.0170. The number of hydrogen-bond donors (Lipinski definition) is 0. The lowest BCUT2D eigenvalue weighted by Crippen LogP contribution is -2.20. The first-order valence-electron chi connectivity index (χ1n) is 5.01. The van der Waals surface area contributed by atoms with Crippen LogP contribution in [0.4, 0.5) is 0 Å². The first-order valence-corrected chi connectivity index (χ1v) is 5.01. The third-order valence-corrected chi connectivity index (χ3v) is 3.21. The van der Waals surface area contributed by atoms with Crippen molar-refractivity contribution in [3.8, 4) is 0 Å². The number of fused-ring (bicyclic) bond motifs is 2. The average Bonchev–Trinajstić information content (AvgIpc) is 2.60. The Morgan fingerprint density at radius 2 is 2.18 bits per heavy atom. The van der Waals surface area contributed by atoms with Gasteiger partial charge in [0.05, 0.1) is 6.10 Å². The van der Waals surface area contributed by atoms with Gasteiger partial charge in [-0.3, -0.25) is 0 Å². The van der Waals surface area contributed by atoms with E-state index in [2.05, 4.69) is 6.92 Å². The monoisotopic (exact) mass is 154 g/mol. The summed E-state index contributed by atoms with van der Waals surface area (Å²) in [6.07, 6.45) is 7.58. The number of rotatable bonds is 3. The molecule has 3 unspecified atom stereocenters. The van der Waals surface area contributed by atoms with E-state index in [-0.39, 0.29) is 0 Å². The van der Waals surface area contributed by atoms with E-state index in [0.29, 0.717) is 6.10 Å². The molecule has 0 N–H and O–H groups in total. The summed E-state index contributed by atoms with van der Waals surface area (Å²) in [5, 5.41) is 0. The first kappa shape index (κ1) is 7.60. The van der Waals surface area contributed by atoms with E-state index in [4.69, 9.17) is 4.74 Å². The van der Waals surface area contributed by atoms with Gasteiger partial charge in [-0.2, -0.15) is 0 Å². The second-order valence-corrected chi connectivity index (χ2v) is 4.08. The summed E-state index contributed by atoms with van der Waals surface area (Å²) in [7, 11) is 0. The summed E-state index contributed by atoms with van der Waals surface area (Å²) in [6.45, 7) is 3.17. The minimum atomic E-state index is 0.647. The van der Waals surface area contributed by atoms with Crippen molar-refractivity contribution in [2.45, 2.75) is 45.1 Å². The number of hydrogen-bond acceptors (Lipinski definition) is 1. The fourth-order valence-corrected chi connectivity index (χ4v) is 2.66. The first-order chi connectivity index (χ1) is 5.40. The quantitative estimate of drug-likeness (QED) is 0.607. The molecule has 0 aliphatic heterocycles. The van der Waals surface area contributed by atoms with E-state index in [1.807, 2.05) is 0 Å². The van der Waals surface area contributed by atoms with Crippen LogP contribution in [0.1, 0.15) is 39.0 Å². The summed E-state index contributed by atoms with van der Waals surface area (Å²) in [5.74, 6) is 1.97. The smallest absolute Gasteiger partial charge is 0.0606 e.